The first-order valence-corrected chi connectivity index (χ1v) is 12.1. The third kappa shape index (κ3) is 5.93. The van der Waals surface area contributed by atoms with E-state index in [1.165, 1.54) is 30.5 Å². The molecule has 0 saturated heterocycles. The molecule has 1 aromatic heterocycles. The summed E-state index contributed by atoms with van der Waals surface area (Å²) in [6.07, 6.45) is 0.771. The van der Waals surface area contributed by atoms with Crippen LogP contribution < -0.4 is 4.74 Å². The number of ether oxygens (including phenoxy) is 2. The Kier molecular flexibility index (Phi) is 8.51. The van der Waals surface area contributed by atoms with Gasteiger partial charge in [-0.15, -0.1) is 0 Å². The maximum absolute atomic E-state index is 13.1. The minimum Gasteiger partial charge on any atom is -0.503 e. The largest absolute Gasteiger partial charge is 0.503 e. The fourth-order valence-corrected chi connectivity index (χ4v) is 4.65. The summed E-state index contributed by atoms with van der Waals surface area (Å²) >= 11 is 0. The second kappa shape index (κ2) is 11.4. The quantitative estimate of drug-likeness (QED) is 0.293. The molecule has 0 aliphatic rings. The number of aryl methyl sites for hydroxylation is 4. The molecular formula is C30H35NO5. The van der Waals surface area contributed by atoms with Crippen LogP contribution in [0.5, 0.6) is 11.5 Å². The zero-order valence-corrected chi connectivity index (χ0v) is 22.1. The highest BCUT2D eigenvalue weighted by molar-refractivity contribution is 5.99. The molecule has 0 spiro atoms. The number of methoxy groups -OCH3 is 1. The number of Topliss-reactive ketones (excluding diaryl/α,β-unsaturated/α-hetero) is 1. The summed E-state index contributed by atoms with van der Waals surface area (Å²) in [6.45, 7) is 11.8. The Morgan fingerprint density at radius 1 is 0.917 bits per heavy atom. The Morgan fingerprint density at radius 3 is 1.97 bits per heavy atom. The summed E-state index contributed by atoms with van der Waals surface area (Å²) in [5.74, 6) is -1.99. The van der Waals surface area contributed by atoms with Crippen molar-refractivity contribution in [3.8, 4) is 11.5 Å². The van der Waals surface area contributed by atoms with Gasteiger partial charge in [-0.2, -0.15) is 0 Å². The smallest absolute Gasteiger partial charge is 0.309 e. The summed E-state index contributed by atoms with van der Waals surface area (Å²) in [7, 11) is 1.40. The summed E-state index contributed by atoms with van der Waals surface area (Å²) < 4.78 is 11.0. The monoisotopic (exact) mass is 489 g/mol. The number of aromatic hydroxyl groups is 1. The SMILES string of the molecule is COc1ccnc(C(=O)C[C@@H](C)C(=O)O[C@@H](C)C(c2ccc(C)cc2C)c2ccc(C)cc2C)c1O. The molecular weight excluding hydrogens is 454 g/mol. The first-order valence-electron chi connectivity index (χ1n) is 12.1. The minimum atomic E-state index is -0.716. The van der Waals surface area contributed by atoms with Gasteiger partial charge in [0, 0.05) is 24.6 Å². The van der Waals surface area contributed by atoms with Crippen LogP contribution in [0.25, 0.3) is 0 Å². The van der Waals surface area contributed by atoms with Gasteiger partial charge >= 0.3 is 5.97 Å². The molecule has 36 heavy (non-hydrogen) atoms. The molecule has 2 atom stereocenters. The molecule has 1 heterocycles. The van der Waals surface area contributed by atoms with E-state index in [0.717, 1.165) is 22.3 Å². The highest BCUT2D eigenvalue weighted by Gasteiger charge is 2.30. The number of benzene rings is 2. The Hall–Kier alpha value is -3.67. The number of esters is 1. The summed E-state index contributed by atoms with van der Waals surface area (Å²) in [5.41, 5.74) is 6.68. The first-order chi connectivity index (χ1) is 17.0. The molecule has 6 nitrogen and oxygen atoms in total. The maximum Gasteiger partial charge on any atom is 0.309 e. The Bertz CT molecular complexity index is 1210. The third-order valence-corrected chi connectivity index (χ3v) is 6.56. The van der Waals surface area contributed by atoms with E-state index in [4.69, 9.17) is 9.47 Å². The Balaban J connectivity index is 1.84. The summed E-state index contributed by atoms with van der Waals surface area (Å²) in [5, 5.41) is 10.2. The van der Waals surface area contributed by atoms with Gasteiger partial charge in [0.15, 0.2) is 23.0 Å². The van der Waals surface area contributed by atoms with Crippen molar-refractivity contribution in [3.63, 3.8) is 0 Å². The van der Waals surface area contributed by atoms with Gasteiger partial charge in [0.25, 0.3) is 0 Å². The number of pyridine rings is 1. The average Bonchev–Trinajstić information content (AvgIpc) is 2.81. The molecule has 2 aromatic carbocycles. The average molecular weight is 490 g/mol. The van der Waals surface area contributed by atoms with Crippen LogP contribution in [-0.2, 0) is 9.53 Å². The van der Waals surface area contributed by atoms with Gasteiger partial charge < -0.3 is 14.6 Å². The van der Waals surface area contributed by atoms with Crippen LogP contribution in [0.2, 0.25) is 0 Å². The van der Waals surface area contributed by atoms with Crippen LogP contribution in [0, 0.1) is 33.6 Å². The molecule has 0 radical (unpaired) electrons. The molecule has 0 aliphatic heterocycles. The van der Waals surface area contributed by atoms with Gasteiger partial charge in [-0.25, -0.2) is 4.98 Å². The zero-order valence-electron chi connectivity index (χ0n) is 22.1. The lowest BCUT2D eigenvalue weighted by Crippen LogP contribution is -2.28. The van der Waals surface area contributed by atoms with Crippen LogP contribution in [0.1, 0.15) is 70.1 Å². The normalized spacial score (nSPS) is 12.8. The van der Waals surface area contributed by atoms with Crippen molar-refractivity contribution < 1.29 is 24.2 Å². The van der Waals surface area contributed by atoms with Crippen LogP contribution in [-0.4, -0.2) is 35.1 Å². The van der Waals surface area contributed by atoms with Gasteiger partial charge in [-0.05, 0) is 56.9 Å². The van der Waals surface area contributed by atoms with E-state index in [1.807, 2.05) is 6.92 Å². The topological polar surface area (TPSA) is 85.7 Å². The van der Waals surface area contributed by atoms with Crippen molar-refractivity contribution in [2.24, 2.45) is 5.92 Å². The minimum absolute atomic E-state index is 0.120. The predicted molar refractivity (Wildman–Crippen MR) is 140 cm³/mol. The van der Waals surface area contributed by atoms with Crippen LogP contribution in [0.4, 0.5) is 0 Å². The lowest BCUT2D eigenvalue weighted by molar-refractivity contribution is -0.153. The molecule has 0 amide bonds. The number of carbonyl (C=O) groups is 2. The van der Waals surface area contributed by atoms with Crippen LogP contribution >= 0.6 is 0 Å². The van der Waals surface area contributed by atoms with Gasteiger partial charge in [-0.3, -0.25) is 9.59 Å². The number of nitrogens with zero attached hydrogens (tertiary/aromatic N) is 1. The molecule has 0 unspecified atom stereocenters. The molecule has 3 aromatic rings. The molecule has 1 N–H and O–H groups in total. The van der Waals surface area contributed by atoms with E-state index >= 15 is 0 Å². The van der Waals surface area contributed by atoms with Gasteiger partial charge in [0.05, 0.1) is 13.0 Å². The van der Waals surface area contributed by atoms with E-state index < -0.39 is 23.8 Å². The summed E-state index contributed by atoms with van der Waals surface area (Å²) in [4.78, 5) is 29.8. The molecule has 0 fully saturated rings. The molecule has 3 rings (SSSR count). The highest BCUT2D eigenvalue weighted by atomic mass is 16.5. The Morgan fingerprint density at radius 2 is 1.47 bits per heavy atom. The van der Waals surface area contributed by atoms with E-state index in [-0.39, 0.29) is 29.5 Å². The first kappa shape index (κ1) is 26.9. The third-order valence-electron chi connectivity index (χ3n) is 6.56. The fraction of sp³-hybridized carbons (Fsp3) is 0.367. The number of hydrogen-bond acceptors (Lipinski definition) is 6. The number of carbonyl (C=O) groups excluding carboxylic acids is 2. The molecule has 0 bridgehead atoms. The van der Waals surface area contributed by atoms with Gasteiger partial charge in [0.2, 0.25) is 0 Å². The van der Waals surface area contributed by atoms with Crippen molar-refractivity contribution in [1.82, 2.24) is 4.98 Å². The standard InChI is InChI=1S/C30H35NO5/c1-17-8-10-23(19(3)14-17)27(24-11-9-18(2)15-20(24)4)22(6)36-30(34)21(5)16-25(32)28-29(33)26(35-7)12-13-31-28/h8-15,21-22,27,33H,16H2,1-7H3/t21-,22+/m1/s1. The van der Waals surface area contributed by atoms with E-state index in [1.54, 1.807) is 6.92 Å². The molecule has 0 saturated carbocycles. The second-order valence-corrected chi connectivity index (χ2v) is 9.58. The van der Waals surface area contributed by atoms with Crippen molar-refractivity contribution in [1.29, 1.82) is 0 Å². The number of rotatable bonds is 9. The maximum atomic E-state index is 13.1. The van der Waals surface area contributed by atoms with Crippen molar-refractivity contribution >= 4 is 11.8 Å². The van der Waals surface area contributed by atoms with Crippen LogP contribution in [0.3, 0.4) is 0 Å². The second-order valence-electron chi connectivity index (χ2n) is 9.58. The van der Waals surface area contributed by atoms with Crippen molar-refractivity contribution in [3.05, 3.63) is 87.7 Å². The number of hydrogen-bond donors (Lipinski definition) is 1. The highest BCUT2D eigenvalue weighted by Crippen LogP contribution is 2.35. The molecule has 0 aliphatic carbocycles. The number of aromatic nitrogens is 1. The predicted octanol–water partition coefficient (Wildman–Crippen LogP) is 6.00. The van der Waals surface area contributed by atoms with Crippen LogP contribution in [0.15, 0.2) is 48.7 Å². The fourth-order valence-electron chi connectivity index (χ4n) is 4.65. The lowest BCUT2D eigenvalue weighted by atomic mass is 9.82. The summed E-state index contributed by atoms with van der Waals surface area (Å²) in [6, 6.07) is 14.1. The Labute approximate surface area is 213 Å². The van der Waals surface area contributed by atoms with E-state index in [9.17, 15) is 14.7 Å². The molecule has 190 valence electrons. The van der Waals surface area contributed by atoms with E-state index in [2.05, 4.69) is 69.1 Å². The van der Waals surface area contributed by atoms with E-state index in [0.29, 0.717) is 0 Å². The van der Waals surface area contributed by atoms with Crippen molar-refractivity contribution in [2.45, 2.75) is 60.0 Å². The number of ketones is 1. The lowest BCUT2D eigenvalue weighted by Gasteiger charge is -2.29. The molecule has 6 heteroatoms. The zero-order chi connectivity index (χ0) is 26.6. The van der Waals surface area contributed by atoms with Crippen molar-refractivity contribution in [2.75, 3.05) is 7.11 Å². The van der Waals surface area contributed by atoms with Gasteiger partial charge in [-0.1, -0.05) is 54.4 Å². The van der Waals surface area contributed by atoms with Gasteiger partial charge in [0.1, 0.15) is 6.10 Å².